The van der Waals surface area contributed by atoms with E-state index in [0.29, 0.717) is 30.4 Å². The molecule has 8 heteroatoms. The van der Waals surface area contributed by atoms with E-state index < -0.39 is 0 Å². The number of amides is 2. The molecular formula is C24H30N4O3S. The molecule has 0 N–H and O–H groups in total. The maximum Gasteiger partial charge on any atom is 0.259 e. The Morgan fingerprint density at radius 2 is 1.88 bits per heavy atom. The lowest BCUT2D eigenvalue weighted by molar-refractivity contribution is -0.135. The molecule has 1 spiro atoms. The lowest BCUT2D eigenvalue weighted by atomic mass is 9.90. The molecule has 3 aliphatic rings. The molecule has 32 heavy (non-hydrogen) atoms. The third kappa shape index (κ3) is 4.13. The molecule has 2 amide bonds. The number of carbonyl (C=O) groups is 2. The first kappa shape index (κ1) is 21.4. The minimum atomic E-state index is -0.0322. The Kier molecular flexibility index (Phi) is 5.90. The molecule has 5 rings (SSSR count). The van der Waals surface area contributed by atoms with Crippen LogP contribution in [0.15, 0.2) is 35.8 Å². The van der Waals surface area contributed by atoms with E-state index in [-0.39, 0.29) is 17.2 Å². The highest BCUT2D eigenvalue weighted by molar-refractivity contribution is 7.09. The van der Waals surface area contributed by atoms with Gasteiger partial charge < -0.3 is 14.5 Å². The summed E-state index contributed by atoms with van der Waals surface area (Å²) in [5, 5.41) is 2.12. The van der Waals surface area contributed by atoms with E-state index in [2.05, 4.69) is 32.3 Å². The van der Waals surface area contributed by atoms with Crippen LogP contribution in [0.3, 0.4) is 0 Å². The first-order chi connectivity index (χ1) is 15.6. The highest BCUT2D eigenvalue weighted by Gasteiger charge is 2.59. The van der Waals surface area contributed by atoms with Gasteiger partial charge in [-0.05, 0) is 48.3 Å². The Morgan fingerprint density at radius 3 is 2.56 bits per heavy atom. The Hall–Kier alpha value is -2.45. The monoisotopic (exact) mass is 454 g/mol. The summed E-state index contributed by atoms with van der Waals surface area (Å²) >= 11 is 1.80. The van der Waals surface area contributed by atoms with Crippen LogP contribution in [0.25, 0.3) is 0 Å². The molecular weight excluding hydrogens is 424 g/mol. The van der Waals surface area contributed by atoms with Crippen LogP contribution in [0, 0.1) is 11.3 Å². The summed E-state index contributed by atoms with van der Waals surface area (Å²) in [6.07, 6.45) is 4.40. The molecule has 0 bridgehead atoms. The van der Waals surface area contributed by atoms with Gasteiger partial charge in [0.05, 0.1) is 7.11 Å². The summed E-state index contributed by atoms with van der Waals surface area (Å²) in [6.45, 7) is 5.89. The minimum absolute atomic E-state index is 0.0322. The number of aromatic nitrogens is 1. The molecule has 1 atom stereocenters. The number of pyridine rings is 1. The maximum absolute atomic E-state index is 13.2. The number of piperidine rings is 1. The number of thiophene rings is 1. The zero-order valence-electron chi connectivity index (χ0n) is 18.5. The molecule has 3 fully saturated rings. The van der Waals surface area contributed by atoms with Crippen LogP contribution in [0.5, 0.6) is 5.88 Å². The minimum Gasteiger partial charge on any atom is -0.480 e. The van der Waals surface area contributed by atoms with Gasteiger partial charge in [0.25, 0.3) is 5.91 Å². The quantitative estimate of drug-likeness (QED) is 0.695. The largest absolute Gasteiger partial charge is 0.480 e. The summed E-state index contributed by atoms with van der Waals surface area (Å²) in [6, 6.07) is 7.80. The van der Waals surface area contributed by atoms with Crippen molar-refractivity contribution in [2.75, 3.05) is 46.4 Å². The number of methoxy groups -OCH3 is 1. The number of rotatable bonds is 5. The first-order valence-corrected chi connectivity index (χ1v) is 12.3. The second kappa shape index (κ2) is 8.83. The maximum atomic E-state index is 13.2. The van der Waals surface area contributed by atoms with E-state index in [1.165, 1.54) is 12.0 Å². The summed E-state index contributed by atoms with van der Waals surface area (Å²) in [4.78, 5) is 38.1. The third-order valence-electron chi connectivity index (χ3n) is 7.37. The van der Waals surface area contributed by atoms with Crippen LogP contribution in [-0.4, -0.2) is 77.9 Å². The first-order valence-electron chi connectivity index (χ1n) is 11.4. The van der Waals surface area contributed by atoms with Gasteiger partial charge in [0.2, 0.25) is 11.8 Å². The Morgan fingerprint density at radius 1 is 1.09 bits per heavy atom. The Balaban J connectivity index is 1.12. The Labute approximate surface area is 193 Å². The lowest BCUT2D eigenvalue weighted by Crippen LogP contribution is -2.49. The fourth-order valence-electron chi connectivity index (χ4n) is 5.26. The van der Waals surface area contributed by atoms with Crippen molar-refractivity contribution in [2.24, 2.45) is 11.3 Å². The molecule has 0 radical (unpaired) electrons. The number of piperazine rings is 1. The summed E-state index contributed by atoms with van der Waals surface area (Å²) < 4.78 is 5.25. The van der Waals surface area contributed by atoms with E-state index in [0.717, 1.165) is 52.0 Å². The molecule has 0 unspecified atom stereocenters. The predicted molar refractivity (Wildman–Crippen MR) is 123 cm³/mol. The van der Waals surface area contributed by atoms with Gasteiger partial charge in [-0.25, -0.2) is 4.98 Å². The average molecular weight is 455 g/mol. The van der Waals surface area contributed by atoms with Crippen LogP contribution in [0.4, 0.5) is 0 Å². The van der Waals surface area contributed by atoms with Gasteiger partial charge in [-0.2, -0.15) is 0 Å². The molecule has 4 heterocycles. The van der Waals surface area contributed by atoms with E-state index in [9.17, 15) is 9.59 Å². The van der Waals surface area contributed by atoms with Crippen molar-refractivity contribution in [1.82, 2.24) is 19.7 Å². The molecule has 2 aliphatic heterocycles. The molecule has 2 aromatic heterocycles. The van der Waals surface area contributed by atoms with Crippen molar-refractivity contribution < 1.29 is 14.3 Å². The van der Waals surface area contributed by atoms with Crippen molar-refractivity contribution >= 4 is 23.2 Å². The summed E-state index contributed by atoms with van der Waals surface area (Å²) in [5.74, 6) is 0.802. The van der Waals surface area contributed by atoms with Gasteiger partial charge in [0.1, 0.15) is 5.56 Å². The highest BCUT2D eigenvalue weighted by Crippen LogP contribution is 2.60. The number of likely N-dealkylation sites (tertiary alicyclic amines) is 1. The van der Waals surface area contributed by atoms with Gasteiger partial charge >= 0.3 is 0 Å². The van der Waals surface area contributed by atoms with E-state index in [1.807, 2.05) is 4.90 Å². The average Bonchev–Trinajstić information content (AvgIpc) is 3.27. The predicted octanol–water partition coefficient (Wildman–Crippen LogP) is 2.74. The zero-order valence-corrected chi connectivity index (χ0v) is 19.4. The van der Waals surface area contributed by atoms with Crippen molar-refractivity contribution in [2.45, 2.75) is 25.8 Å². The van der Waals surface area contributed by atoms with Gasteiger partial charge in [-0.15, -0.1) is 11.3 Å². The SMILES string of the molecule is COc1ncccc1C(=O)N1CCC2(CC1)C[C@@H]2C(=O)N1CCN(Cc2cccs2)CC1. The van der Waals surface area contributed by atoms with Crippen LogP contribution in [0.2, 0.25) is 0 Å². The number of ether oxygens (including phenoxy) is 1. The van der Waals surface area contributed by atoms with Crippen molar-refractivity contribution in [1.29, 1.82) is 0 Å². The number of hydrogen-bond donors (Lipinski definition) is 0. The number of nitrogens with zero attached hydrogens (tertiary/aromatic N) is 4. The van der Waals surface area contributed by atoms with E-state index in [1.54, 1.807) is 29.7 Å². The standard InChI is InChI=1S/C24H30N4O3S/c1-31-21-19(5-2-8-25-21)22(29)27-9-6-24(7-10-27)16-20(24)23(30)28-13-11-26(12-14-28)17-18-4-3-15-32-18/h2-5,8,15,20H,6-7,9-14,16-17H2,1H3/t20-/m1/s1. The number of hydrogen-bond acceptors (Lipinski definition) is 6. The molecule has 2 saturated heterocycles. The van der Waals surface area contributed by atoms with Crippen LogP contribution in [0.1, 0.15) is 34.5 Å². The van der Waals surface area contributed by atoms with Crippen LogP contribution < -0.4 is 4.74 Å². The fourth-order valence-corrected chi connectivity index (χ4v) is 6.01. The number of carbonyl (C=O) groups excluding carboxylic acids is 2. The smallest absolute Gasteiger partial charge is 0.259 e. The third-order valence-corrected chi connectivity index (χ3v) is 8.23. The van der Waals surface area contributed by atoms with Crippen LogP contribution in [-0.2, 0) is 11.3 Å². The van der Waals surface area contributed by atoms with E-state index in [4.69, 9.17) is 4.74 Å². The molecule has 170 valence electrons. The van der Waals surface area contributed by atoms with Crippen molar-refractivity contribution in [3.05, 3.63) is 46.3 Å². The fraction of sp³-hybridized carbons (Fsp3) is 0.542. The van der Waals surface area contributed by atoms with Gasteiger partial charge in [-0.1, -0.05) is 6.07 Å². The topological polar surface area (TPSA) is 66.0 Å². The van der Waals surface area contributed by atoms with Crippen molar-refractivity contribution in [3.8, 4) is 5.88 Å². The zero-order chi connectivity index (χ0) is 22.1. The van der Waals surface area contributed by atoms with Crippen LogP contribution >= 0.6 is 11.3 Å². The molecule has 7 nitrogen and oxygen atoms in total. The highest BCUT2D eigenvalue weighted by atomic mass is 32.1. The Bertz CT molecular complexity index is 963. The lowest BCUT2D eigenvalue weighted by Gasteiger charge is -2.36. The molecule has 2 aromatic rings. The molecule has 1 aliphatic carbocycles. The van der Waals surface area contributed by atoms with Crippen molar-refractivity contribution in [3.63, 3.8) is 0 Å². The van der Waals surface area contributed by atoms with Gasteiger partial charge in [0.15, 0.2) is 0 Å². The van der Waals surface area contributed by atoms with E-state index >= 15 is 0 Å². The second-order valence-electron chi connectivity index (χ2n) is 9.15. The second-order valence-corrected chi connectivity index (χ2v) is 10.2. The summed E-state index contributed by atoms with van der Waals surface area (Å²) in [5.41, 5.74) is 0.607. The molecule has 1 saturated carbocycles. The normalized spacial score (nSPS) is 22.7. The molecule has 0 aromatic carbocycles. The summed E-state index contributed by atoms with van der Waals surface area (Å²) in [7, 11) is 1.53. The van der Waals surface area contributed by atoms with Gasteiger partial charge in [0, 0.05) is 62.8 Å². The van der Waals surface area contributed by atoms with Gasteiger partial charge in [-0.3, -0.25) is 14.5 Å².